The Bertz CT molecular complexity index is 354. The molecule has 0 amide bonds. The van der Waals surface area contributed by atoms with Gasteiger partial charge in [0, 0.05) is 12.6 Å². The van der Waals surface area contributed by atoms with Crippen LogP contribution in [-0.2, 0) is 6.54 Å². The van der Waals surface area contributed by atoms with E-state index in [1.807, 2.05) is 19.1 Å². The lowest BCUT2D eigenvalue weighted by atomic mass is 10.1. The minimum atomic E-state index is -0.108. The Morgan fingerprint density at radius 1 is 1.18 bits per heavy atom. The molecule has 0 spiro atoms. The Balaban J connectivity index is 1.85. The fourth-order valence-corrected chi connectivity index (χ4v) is 2.56. The van der Waals surface area contributed by atoms with Crippen LogP contribution in [0.2, 0.25) is 0 Å². The van der Waals surface area contributed by atoms with Crippen LogP contribution < -0.4 is 5.32 Å². The second kappa shape index (κ2) is 6.15. The second-order valence-electron chi connectivity index (χ2n) is 5.15. The molecule has 1 aliphatic carbocycles. The van der Waals surface area contributed by atoms with Crippen LogP contribution >= 0.6 is 0 Å². The maximum Gasteiger partial charge on any atom is 0.126 e. The molecule has 0 unspecified atom stereocenters. The summed E-state index contributed by atoms with van der Waals surface area (Å²) in [7, 11) is 0. The molecule has 0 bridgehead atoms. The molecular weight excluding hydrogens is 213 g/mol. The van der Waals surface area contributed by atoms with Crippen molar-refractivity contribution in [1.82, 2.24) is 5.32 Å². The number of rotatable bonds is 3. The average Bonchev–Trinajstić information content (AvgIpc) is 2.59. The van der Waals surface area contributed by atoms with E-state index in [9.17, 15) is 4.39 Å². The molecule has 0 heterocycles. The molecule has 1 N–H and O–H groups in total. The fraction of sp³-hybridized carbons (Fsp3) is 0.600. The molecule has 1 fully saturated rings. The zero-order valence-electron chi connectivity index (χ0n) is 10.6. The highest BCUT2D eigenvalue weighted by Crippen LogP contribution is 2.18. The number of halogens is 1. The van der Waals surface area contributed by atoms with Gasteiger partial charge in [-0.1, -0.05) is 37.8 Å². The van der Waals surface area contributed by atoms with Gasteiger partial charge in [0.15, 0.2) is 0 Å². The summed E-state index contributed by atoms with van der Waals surface area (Å²) in [5, 5.41) is 3.60. The van der Waals surface area contributed by atoms with Crippen molar-refractivity contribution in [2.24, 2.45) is 0 Å². The van der Waals surface area contributed by atoms with E-state index in [1.165, 1.54) is 44.1 Å². The highest BCUT2D eigenvalue weighted by atomic mass is 19.1. The number of hydrogen-bond acceptors (Lipinski definition) is 1. The Labute approximate surface area is 103 Å². The van der Waals surface area contributed by atoms with E-state index in [4.69, 9.17) is 0 Å². The fourth-order valence-electron chi connectivity index (χ4n) is 2.56. The van der Waals surface area contributed by atoms with Gasteiger partial charge in [-0.3, -0.25) is 0 Å². The Hall–Kier alpha value is -0.890. The average molecular weight is 235 g/mol. The maximum absolute atomic E-state index is 13.1. The van der Waals surface area contributed by atoms with E-state index >= 15 is 0 Å². The zero-order valence-corrected chi connectivity index (χ0v) is 10.6. The number of aryl methyl sites for hydroxylation is 1. The van der Waals surface area contributed by atoms with E-state index in [0.29, 0.717) is 6.04 Å². The number of hydrogen-bond donors (Lipinski definition) is 1. The predicted molar refractivity (Wildman–Crippen MR) is 69.5 cm³/mol. The van der Waals surface area contributed by atoms with Crippen LogP contribution in [0.3, 0.4) is 0 Å². The minimum Gasteiger partial charge on any atom is -0.310 e. The van der Waals surface area contributed by atoms with Crippen molar-refractivity contribution in [3.63, 3.8) is 0 Å². The lowest BCUT2D eigenvalue weighted by Crippen LogP contribution is -2.27. The van der Waals surface area contributed by atoms with Crippen molar-refractivity contribution < 1.29 is 4.39 Å². The summed E-state index contributed by atoms with van der Waals surface area (Å²) in [4.78, 5) is 0. The smallest absolute Gasteiger partial charge is 0.126 e. The molecule has 0 aromatic heterocycles. The highest BCUT2D eigenvalue weighted by molar-refractivity contribution is 5.23. The molecule has 1 aromatic carbocycles. The molecule has 1 aliphatic rings. The summed E-state index contributed by atoms with van der Waals surface area (Å²) in [5.74, 6) is -0.108. The van der Waals surface area contributed by atoms with E-state index in [1.54, 1.807) is 6.07 Å². The van der Waals surface area contributed by atoms with E-state index < -0.39 is 0 Å². The standard InChI is InChI=1S/C15H22FN/c1-12-10-13(8-9-15(12)16)11-17-14-6-4-2-3-5-7-14/h8-10,14,17H,2-7,11H2,1H3. The lowest BCUT2D eigenvalue weighted by molar-refractivity contribution is 0.459. The first-order valence-electron chi connectivity index (χ1n) is 6.74. The summed E-state index contributed by atoms with van der Waals surface area (Å²) in [5.41, 5.74) is 1.93. The topological polar surface area (TPSA) is 12.0 Å². The first-order chi connectivity index (χ1) is 8.25. The van der Waals surface area contributed by atoms with Crippen molar-refractivity contribution in [2.75, 3.05) is 0 Å². The summed E-state index contributed by atoms with van der Waals surface area (Å²) in [6.07, 6.45) is 8.04. The van der Waals surface area contributed by atoms with Crippen LogP contribution in [0.25, 0.3) is 0 Å². The van der Waals surface area contributed by atoms with Gasteiger partial charge in [-0.25, -0.2) is 4.39 Å². The molecular formula is C15H22FN. The summed E-state index contributed by atoms with van der Waals surface area (Å²) < 4.78 is 13.1. The first kappa shape index (κ1) is 12.6. The zero-order chi connectivity index (χ0) is 12.1. The first-order valence-corrected chi connectivity index (χ1v) is 6.74. The van der Waals surface area contributed by atoms with Crippen LogP contribution in [0.15, 0.2) is 18.2 Å². The van der Waals surface area contributed by atoms with Crippen LogP contribution in [0.1, 0.15) is 49.7 Å². The third-order valence-corrected chi connectivity index (χ3v) is 3.67. The highest BCUT2D eigenvalue weighted by Gasteiger charge is 2.11. The predicted octanol–water partition coefficient (Wildman–Crippen LogP) is 3.95. The molecule has 94 valence electrons. The normalized spacial score (nSPS) is 18.0. The molecule has 17 heavy (non-hydrogen) atoms. The van der Waals surface area contributed by atoms with Gasteiger partial charge >= 0.3 is 0 Å². The molecule has 0 aliphatic heterocycles. The van der Waals surface area contributed by atoms with E-state index in [-0.39, 0.29) is 5.82 Å². The third kappa shape index (κ3) is 3.81. The van der Waals surface area contributed by atoms with E-state index in [0.717, 1.165) is 12.1 Å². The van der Waals surface area contributed by atoms with Gasteiger partial charge in [-0.15, -0.1) is 0 Å². The van der Waals surface area contributed by atoms with Gasteiger partial charge in [0.1, 0.15) is 5.82 Å². The van der Waals surface area contributed by atoms with Crippen LogP contribution in [0.4, 0.5) is 4.39 Å². The molecule has 2 heteroatoms. The Kier molecular flexibility index (Phi) is 4.55. The summed E-state index contributed by atoms with van der Waals surface area (Å²) in [6.45, 7) is 2.69. The van der Waals surface area contributed by atoms with Crippen molar-refractivity contribution in [3.05, 3.63) is 35.1 Å². The molecule has 0 saturated heterocycles. The van der Waals surface area contributed by atoms with Crippen molar-refractivity contribution in [3.8, 4) is 0 Å². The largest absolute Gasteiger partial charge is 0.310 e. The summed E-state index contributed by atoms with van der Waals surface area (Å²) >= 11 is 0. The van der Waals surface area contributed by atoms with Gasteiger partial charge in [0.25, 0.3) is 0 Å². The van der Waals surface area contributed by atoms with E-state index in [2.05, 4.69) is 5.32 Å². The Morgan fingerprint density at radius 3 is 2.53 bits per heavy atom. The molecule has 1 saturated carbocycles. The molecule has 1 aromatic rings. The third-order valence-electron chi connectivity index (χ3n) is 3.67. The molecule has 0 radical (unpaired) electrons. The van der Waals surface area contributed by atoms with Crippen molar-refractivity contribution in [2.45, 2.75) is 58.0 Å². The van der Waals surface area contributed by atoms with Gasteiger partial charge < -0.3 is 5.32 Å². The number of benzene rings is 1. The number of nitrogens with one attached hydrogen (secondary N) is 1. The monoisotopic (exact) mass is 235 g/mol. The van der Waals surface area contributed by atoms with Crippen LogP contribution in [0, 0.1) is 12.7 Å². The molecule has 2 rings (SSSR count). The SMILES string of the molecule is Cc1cc(CNC2CCCCCC2)ccc1F. The molecule has 1 nitrogen and oxygen atoms in total. The lowest BCUT2D eigenvalue weighted by Gasteiger charge is -2.16. The molecule has 0 atom stereocenters. The van der Waals surface area contributed by atoms with Gasteiger partial charge in [0.2, 0.25) is 0 Å². The maximum atomic E-state index is 13.1. The van der Waals surface area contributed by atoms with Gasteiger partial charge in [-0.2, -0.15) is 0 Å². The van der Waals surface area contributed by atoms with Crippen LogP contribution in [-0.4, -0.2) is 6.04 Å². The minimum absolute atomic E-state index is 0.108. The van der Waals surface area contributed by atoms with Crippen LogP contribution in [0.5, 0.6) is 0 Å². The van der Waals surface area contributed by atoms with Gasteiger partial charge in [0.05, 0.1) is 0 Å². The quantitative estimate of drug-likeness (QED) is 0.782. The summed E-state index contributed by atoms with van der Waals surface area (Å²) in [6, 6.07) is 6.05. The van der Waals surface area contributed by atoms with Gasteiger partial charge in [-0.05, 0) is 37.0 Å². The van der Waals surface area contributed by atoms with Crippen molar-refractivity contribution in [1.29, 1.82) is 0 Å². The Morgan fingerprint density at radius 2 is 1.88 bits per heavy atom. The van der Waals surface area contributed by atoms with Crippen molar-refractivity contribution >= 4 is 0 Å². The second-order valence-corrected chi connectivity index (χ2v) is 5.15.